The second kappa shape index (κ2) is 39.0. The Labute approximate surface area is 679 Å². The van der Waals surface area contributed by atoms with Crippen molar-refractivity contribution in [3.63, 3.8) is 0 Å². The number of carbonyl (C=O) groups excluding carboxylic acids is 6. The molecular formula is C78H105F3N8O25SSi2. The number of likely N-dealkylation sites (tertiary alicyclic amines) is 2. The van der Waals surface area contributed by atoms with Crippen LogP contribution in [0.25, 0.3) is 0 Å². The largest absolute Gasteiger partial charge is 0.534 e. The van der Waals surface area contributed by atoms with Crippen molar-refractivity contribution in [1.82, 2.24) is 19.6 Å². The number of Topliss-reactive ketones (excluding diaryl/α,β-unsaturated/α-hetero) is 2. The standard InChI is InChI=1S/C40H53F3N4O13SSi.C38H52N4O12Si/c1-10-27-16-25(2)22-44(27)38(49)31-19-35(56-7)36(21-33(31)47(52)53)58-15-13-11-12-14-57-34-20-32(46(50)51)30(17-26(34)3)37(48)45-23-29(60-61(54,55)40(41,42)43)18-28(45)24-59-62(8,9)39(4,5)6;1-9-25-16-27(43)21-39(25)37(46)30-18-34(51-6)35(20-32(30)42(49)50)53-14-12-10-11-13-52-33-19-31(41(47)48)29(15-24(33)2)36(45)40-22-28(44)17-26(40)23-54-55(7,8)38(3,4)5/h17,19-23,27-28H,10-16,18,24H2,1-9H3;15,18-20,25-26H,9-14,16-17,21-23H2,1-8H3/t27-,28+;25-,26+/m11/s1. The van der Waals surface area contributed by atoms with Gasteiger partial charge in [-0.2, -0.15) is 21.6 Å². The predicted octanol–water partition coefficient (Wildman–Crippen LogP) is 15.4. The molecule has 4 amide bonds. The van der Waals surface area contributed by atoms with Crippen LogP contribution in [0.4, 0.5) is 35.9 Å². The van der Waals surface area contributed by atoms with Crippen LogP contribution in [-0.4, -0.2) is 196 Å². The Hall–Kier alpha value is -10.1. The van der Waals surface area contributed by atoms with E-state index in [0.29, 0.717) is 68.9 Å². The number of methoxy groups -OCH3 is 2. The van der Waals surface area contributed by atoms with E-state index in [9.17, 15) is 90.8 Å². The third-order valence-electron chi connectivity index (χ3n) is 21.7. The summed E-state index contributed by atoms with van der Waals surface area (Å²) in [6, 6.07) is 7.84. The highest BCUT2D eigenvalue weighted by atomic mass is 32.2. The summed E-state index contributed by atoms with van der Waals surface area (Å²) in [5.41, 5.74) is -6.72. The number of nitro benzene ring substituents is 4. The van der Waals surface area contributed by atoms with Crippen LogP contribution in [-0.2, 0) is 32.7 Å². The smallest absolute Gasteiger partial charge is 0.493 e. The molecule has 0 aliphatic carbocycles. The van der Waals surface area contributed by atoms with Crippen LogP contribution in [0.15, 0.2) is 72.3 Å². The number of rotatable bonds is 36. The minimum Gasteiger partial charge on any atom is -0.493 e. The van der Waals surface area contributed by atoms with Crippen molar-refractivity contribution in [3.05, 3.63) is 146 Å². The number of ketones is 2. The normalized spacial score (nSPS) is 17.3. The van der Waals surface area contributed by atoms with E-state index >= 15 is 0 Å². The van der Waals surface area contributed by atoms with Crippen LogP contribution < -0.4 is 28.4 Å². The predicted molar refractivity (Wildman–Crippen MR) is 427 cm³/mol. The van der Waals surface area contributed by atoms with E-state index in [1.54, 1.807) is 20.0 Å². The summed E-state index contributed by atoms with van der Waals surface area (Å²) in [4.78, 5) is 130. The lowest BCUT2D eigenvalue weighted by Gasteiger charge is -2.37. The number of nitrogens with zero attached hydrogens (tertiary/aromatic N) is 8. The van der Waals surface area contributed by atoms with Crippen molar-refractivity contribution in [2.75, 3.05) is 67.0 Å². The van der Waals surface area contributed by atoms with Crippen molar-refractivity contribution < 1.29 is 112 Å². The lowest BCUT2D eigenvalue weighted by Crippen LogP contribution is -2.46. The molecule has 4 aliphatic heterocycles. The molecule has 0 bridgehead atoms. The number of unbranched alkanes of at least 4 members (excludes halogenated alkanes) is 4. The van der Waals surface area contributed by atoms with Crippen LogP contribution >= 0.6 is 0 Å². The summed E-state index contributed by atoms with van der Waals surface area (Å²) in [6.07, 6.45) is 7.38. The molecule has 2 fully saturated rings. The molecule has 4 aromatic carbocycles. The summed E-state index contributed by atoms with van der Waals surface area (Å²) in [5, 5.41) is 48.0. The van der Waals surface area contributed by atoms with Gasteiger partial charge in [-0.3, -0.25) is 69.2 Å². The van der Waals surface area contributed by atoms with Gasteiger partial charge in [0.05, 0.1) is 123 Å². The molecular weight excluding hydrogens is 1590 g/mol. The molecule has 33 nitrogen and oxygen atoms in total. The van der Waals surface area contributed by atoms with Gasteiger partial charge in [0.2, 0.25) is 0 Å². The van der Waals surface area contributed by atoms with E-state index in [1.807, 2.05) is 54.6 Å². The van der Waals surface area contributed by atoms with Gasteiger partial charge in [-0.15, -0.1) is 0 Å². The SMILES string of the molecule is CC[C@@H]1CC(=O)CN1C(=O)c1cc(OC)c(OCCCCCOc2cc([N+](=O)[O-])c(C(=O)N3CC(=O)C[C@H]3CO[Si](C)(C)C(C)(C)C)cc2C)cc1[N+](=O)[O-].CC[C@@H]1CC(C)=CN1C(=O)c1cc(OC)c(OCCCCCOc2cc([N+](=O)[O-])c(C(=O)N3C=C(OS(=O)(=O)C(F)(F)F)C[C@H]3CO[Si](C)(C)C(C)(C)C)cc2C)cc1[N+](=O)[O-]. The lowest BCUT2D eigenvalue weighted by atomic mass is 10.1. The number of ether oxygens (including phenoxy) is 6. The number of hydrogen-bond acceptors (Lipinski definition) is 25. The van der Waals surface area contributed by atoms with E-state index in [2.05, 4.69) is 38.0 Å². The Bertz CT molecular complexity index is 4620. The Morgan fingerprint density at radius 3 is 1.19 bits per heavy atom. The average molecular weight is 1700 g/mol. The Morgan fingerprint density at radius 2 is 0.812 bits per heavy atom. The van der Waals surface area contributed by atoms with Crippen molar-refractivity contribution in [1.29, 1.82) is 0 Å². The Kier molecular flexibility index (Phi) is 31.3. The van der Waals surface area contributed by atoms with E-state index in [4.69, 9.17) is 37.3 Å². The van der Waals surface area contributed by atoms with Gasteiger partial charge in [0.25, 0.3) is 46.4 Å². The van der Waals surface area contributed by atoms with E-state index in [-0.39, 0.29) is 150 Å². The van der Waals surface area contributed by atoms with E-state index in [0.717, 1.165) is 28.8 Å². The first-order valence-electron chi connectivity index (χ1n) is 38.3. The summed E-state index contributed by atoms with van der Waals surface area (Å²) in [6.45, 7) is 29.3. The number of hydrogen-bond donors (Lipinski definition) is 0. The molecule has 117 heavy (non-hydrogen) atoms. The van der Waals surface area contributed by atoms with E-state index < -0.39 is 128 Å². The third kappa shape index (κ3) is 23.2. The molecule has 2 saturated heterocycles. The zero-order valence-electron chi connectivity index (χ0n) is 69.1. The first-order valence-corrected chi connectivity index (χ1v) is 45.5. The lowest BCUT2D eigenvalue weighted by molar-refractivity contribution is -0.385. The minimum atomic E-state index is -6.08. The van der Waals surface area contributed by atoms with Crippen LogP contribution in [0.2, 0.25) is 36.3 Å². The monoisotopic (exact) mass is 1700 g/mol. The van der Waals surface area contributed by atoms with Gasteiger partial charge in [-0.1, -0.05) is 61.0 Å². The maximum absolute atomic E-state index is 14.0. The fourth-order valence-electron chi connectivity index (χ4n) is 12.9. The van der Waals surface area contributed by atoms with Crippen molar-refractivity contribution >= 4 is 84.7 Å². The van der Waals surface area contributed by atoms with Crippen molar-refractivity contribution in [2.24, 2.45) is 0 Å². The highest BCUT2D eigenvalue weighted by molar-refractivity contribution is 7.87. The molecule has 0 saturated carbocycles. The van der Waals surface area contributed by atoms with Gasteiger partial charge < -0.3 is 61.1 Å². The van der Waals surface area contributed by atoms with Crippen LogP contribution in [0.5, 0.6) is 34.5 Å². The van der Waals surface area contributed by atoms with Gasteiger partial charge >= 0.3 is 15.6 Å². The highest BCUT2D eigenvalue weighted by Crippen LogP contribution is 2.44. The zero-order chi connectivity index (χ0) is 87.4. The maximum atomic E-state index is 14.0. The Balaban J connectivity index is 0.000000326. The van der Waals surface area contributed by atoms with Gasteiger partial charge in [0.1, 0.15) is 39.5 Å². The molecule has 4 aliphatic rings. The number of halogens is 3. The number of benzene rings is 4. The topological polar surface area (TPSA) is 405 Å². The average Bonchev–Trinajstić information content (AvgIpc) is 1.69. The second-order valence-corrected chi connectivity index (χ2v) is 43.3. The molecule has 0 unspecified atom stereocenters. The molecule has 4 atom stereocenters. The molecule has 0 N–H and O–H groups in total. The molecule has 8 rings (SSSR count). The summed E-state index contributed by atoms with van der Waals surface area (Å²) in [5.74, 6) is -2.84. The number of alkyl halides is 3. The molecule has 0 aromatic heterocycles. The molecule has 4 aromatic rings. The van der Waals surface area contributed by atoms with Gasteiger partial charge in [-0.25, -0.2) is 0 Å². The van der Waals surface area contributed by atoms with Gasteiger partial charge in [-0.05, 0) is 138 Å². The molecule has 39 heteroatoms. The van der Waals surface area contributed by atoms with Crippen molar-refractivity contribution in [2.45, 2.75) is 219 Å². The van der Waals surface area contributed by atoms with Crippen LogP contribution in [0, 0.1) is 54.3 Å². The van der Waals surface area contributed by atoms with Gasteiger partial charge in [0, 0.05) is 55.9 Å². The second-order valence-electron chi connectivity index (χ2n) is 32.2. The van der Waals surface area contributed by atoms with E-state index in [1.165, 1.54) is 65.3 Å². The molecule has 0 radical (unpaired) electrons. The number of aryl methyl sites for hydroxylation is 2. The number of carbonyl (C=O) groups is 6. The fourth-order valence-corrected chi connectivity index (χ4v) is 15.5. The molecule has 0 spiro atoms. The third-order valence-corrected chi connectivity index (χ3v) is 31.7. The summed E-state index contributed by atoms with van der Waals surface area (Å²) >= 11 is 0. The molecule has 4 heterocycles. The fraction of sp³-hybridized carbons (Fsp3) is 0.564. The molecule has 642 valence electrons. The summed E-state index contributed by atoms with van der Waals surface area (Å²) in [7, 11) is -8.03. The highest BCUT2D eigenvalue weighted by Gasteiger charge is 2.51. The zero-order valence-corrected chi connectivity index (χ0v) is 71.9. The number of nitro groups is 4. The van der Waals surface area contributed by atoms with Gasteiger partial charge in [0.15, 0.2) is 51.2 Å². The number of amides is 4. The maximum Gasteiger partial charge on any atom is 0.534 e. The minimum absolute atomic E-state index is 0.0722. The Morgan fingerprint density at radius 1 is 0.470 bits per heavy atom. The quantitative estimate of drug-likeness (QED) is 0.0102. The summed E-state index contributed by atoms with van der Waals surface area (Å²) < 4.78 is 114. The first kappa shape index (κ1) is 94.0. The first-order chi connectivity index (χ1) is 54.5. The van der Waals surface area contributed by atoms with Crippen LogP contribution in [0.3, 0.4) is 0 Å². The van der Waals surface area contributed by atoms with Crippen molar-refractivity contribution in [3.8, 4) is 34.5 Å². The van der Waals surface area contributed by atoms with Crippen LogP contribution in [0.1, 0.15) is 192 Å².